The maximum Gasteiger partial charge on any atom is 0.410 e. The lowest BCUT2D eigenvalue weighted by atomic mass is 9.94. The predicted molar refractivity (Wildman–Crippen MR) is 120 cm³/mol. The minimum absolute atomic E-state index is 0.0833. The summed E-state index contributed by atoms with van der Waals surface area (Å²) >= 11 is 8.00. The molecular formula is C22H28ClN3O3S. The molecule has 0 unspecified atom stereocenters. The molecule has 2 aromatic rings. The Hall–Kier alpha value is -2.12. The van der Waals surface area contributed by atoms with Crippen molar-refractivity contribution >= 4 is 34.9 Å². The average Bonchev–Trinajstić information content (AvgIpc) is 3.15. The average molecular weight is 450 g/mol. The molecule has 2 amide bonds. The van der Waals surface area contributed by atoms with Crippen LogP contribution < -0.4 is 0 Å². The zero-order valence-electron chi connectivity index (χ0n) is 18.1. The number of hydrogen-bond donors (Lipinski definition) is 0. The number of amides is 2. The van der Waals surface area contributed by atoms with Gasteiger partial charge in [-0.3, -0.25) is 4.79 Å². The summed E-state index contributed by atoms with van der Waals surface area (Å²) in [4.78, 5) is 32.5. The topological polar surface area (TPSA) is 62.7 Å². The zero-order valence-corrected chi connectivity index (χ0v) is 19.6. The van der Waals surface area contributed by atoms with Gasteiger partial charge in [0.2, 0.25) is 0 Å². The molecule has 0 radical (unpaired) electrons. The van der Waals surface area contributed by atoms with Crippen LogP contribution in [0.1, 0.15) is 55.6 Å². The van der Waals surface area contributed by atoms with E-state index in [0.717, 1.165) is 29.1 Å². The molecule has 0 bridgehead atoms. The fraction of sp³-hybridized carbons (Fsp3) is 0.500. The second-order valence-corrected chi connectivity index (χ2v) is 9.98. The van der Waals surface area contributed by atoms with Crippen molar-refractivity contribution in [2.45, 2.75) is 45.1 Å². The Kier molecular flexibility index (Phi) is 6.72. The lowest BCUT2D eigenvalue weighted by molar-refractivity contribution is 0.0204. The molecule has 30 heavy (non-hydrogen) atoms. The maximum absolute atomic E-state index is 12.2. The van der Waals surface area contributed by atoms with Crippen LogP contribution in [0, 0.1) is 0 Å². The van der Waals surface area contributed by atoms with Crippen molar-refractivity contribution in [2.24, 2.45) is 0 Å². The van der Waals surface area contributed by atoms with Gasteiger partial charge in [0.05, 0.1) is 10.7 Å². The van der Waals surface area contributed by atoms with E-state index in [-0.39, 0.29) is 12.0 Å². The third kappa shape index (κ3) is 5.32. The van der Waals surface area contributed by atoms with Crippen LogP contribution >= 0.6 is 22.9 Å². The van der Waals surface area contributed by atoms with Crippen molar-refractivity contribution in [1.82, 2.24) is 14.8 Å². The van der Waals surface area contributed by atoms with Crippen LogP contribution in [-0.2, 0) is 4.74 Å². The standard InChI is InChI=1S/C22H28ClN3O3S/c1-22(2,3)29-21(28)26-10-8-14(9-11-26)18-13-30-19(24-18)16-7-6-15(12-17(16)23)20(27)25(4)5/h6-7,12-14H,8-11H2,1-5H3. The number of rotatable bonds is 3. The number of halogens is 1. The van der Waals surface area contributed by atoms with Crippen molar-refractivity contribution in [3.05, 3.63) is 39.9 Å². The Bertz CT molecular complexity index is 928. The summed E-state index contributed by atoms with van der Waals surface area (Å²) in [5.74, 6) is 0.224. The lowest BCUT2D eigenvalue weighted by Crippen LogP contribution is -2.41. The Morgan fingerprint density at radius 1 is 1.23 bits per heavy atom. The highest BCUT2D eigenvalue weighted by Crippen LogP contribution is 2.35. The molecule has 0 N–H and O–H groups in total. The Morgan fingerprint density at radius 3 is 2.47 bits per heavy atom. The van der Waals surface area contributed by atoms with Crippen molar-refractivity contribution in [1.29, 1.82) is 0 Å². The van der Waals surface area contributed by atoms with Gasteiger partial charge in [-0.25, -0.2) is 9.78 Å². The number of hydrogen-bond acceptors (Lipinski definition) is 5. The molecule has 1 fully saturated rings. The molecule has 1 saturated heterocycles. The van der Waals surface area contributed by atoms with Crippen molar-refractivity contribution in [2.75, 3.05) is 27.2 Å². The number of piperidine rings is 1. The SMILES string of the molecule is CN(C)C(=O)c1ccc(-c2nc(C3CCN(C(=O)OC(C)(C)C)CC3)cs2)c(Cl)c1. The Morgan fingerprint density at radius 2 is 1.90 bits per heavy atom. The molecule has 8 heteroatoms. The molecule has 2 heterocycles. The van der Waals surface area contributed by atoms with Crippen LogP contribution in [0.25, 0.3) is 10.6 Å². The van der Waals surface area contributed by atoms with Crippen LogP contribution in [0.4, 0.5) is 4.79 Å². The van der Waals surface area contributed by atoms with E-state index in [0.29, 0.717) is 29.6 Å². The Balaban J connectivity index is 1.66. The third-order valence-electron chi connectivity index (χ3n) is 4.94. The summed E-state index contributed by atoms with van der Waals surface area (Å²) < 4.78 is 5.47. The molecular weight excluding hydrogens is 422 g/mol. The first kappa shape index (κ1) is 22.6. The van der Waals surface area contributed by atoms with E-state index in [9.17, 15) is 9.59 Å². The van der Waals surface area contributed by atoms with Crippen LogP contribution in [-0.4, -0.2) is 59.6 Å². The van der Waals surface area contributed by atoms with Gasteiger partial charge in [0.1, 0.15) is 10.6 Å². The first-order chi connectivity index (χ1) is 14.0. The third-order valence-corrected chi connectivity index (χ3v) is 6.15. The second kappa shape index (κ2) is 8.94. The van der Waals surface area contributed by atoms with Gasteiger partial charge in [-0.1, -0.05) is 11.6 Å². The Labute approximate surface area is 186 Å². The molecule has 1 aliphatic rings. The predicted octanol–water partition coefficient (Wildman–Crippen LogP) is 5.28. The van der Waals surface area contributed by atoms with Crippen LogP contribution in [0.5, 0.6) is 0 Å². The van der Waals surface area contributed by atoms with Crippen LogP contribution in [0.15, 0.2) is 23.6 Å². The van der Waals surface area contributed by atoms with Gasteiger partial charge in [-0.15, -0.1) is 11.3 Å². The fourth-order valence-corrected chi connectivity index (χ4v) is 4.63. The van der Waals surface area contributed by atoms with E-state index >= 15 is 0 Å². The monoisotopic (exact) mass is 449 g/mol. The highest BCUT2D eigenvalue weighted by atomic mass is 35.5. The largest absolute Gasteiger partial charge is 0.444 e. The molecule has 162 valence electrons. The van der Waals surface area contributed by atoms with E-state index in [1.165, 1.54) is 4.90 Å². The van der Waals surface area contributed by atoms with Crippen molar-refractivity contribution in [3.8, 4) is 10.6 Å². The minimum Gasteiger partial charge on any atom is -0.444 e. The summed E-state index contributed by atoms with van der Waals surface area (Å²) in [5.41, 5.74) is 1.93. The first-order valence-corrected chi connectivity index (χ1v) is 11.3. The van der Waals surface area contributed by atoms with Gasteiger partial charge in [0.15, 0.2) is 0 Å². The van der Waals surface area contributed by atoms with E-state index < -0.39 is 5.60 Å². The number of aromatic nitrogens is 1. The number of carbonyl (C=O) groups excluding carboxylic acids is 2. The molecule has 3 rings (SSSR count). The number of ether oxygens (including phenoxy) is 1. The molecule has 0 spiro atoms. The zero-order chi connectivity index (χ0) is 22.1. The summed E-state index contributed by atoms with van der Waals surface area (Å²) in [6.45, 7) is 6.96. The number of nitrogens with zero attached hydrogens (tertiary/aromatic N) is 3. The lowest BCUT2D eigenvalue weighted by Gasteiger charge is -2.32. The summed E-state index contributed by atoms with van der Waals surface area (Å²) in [5, 5.41) is 3.43. The van der Waals surface area contributed by atoms with Crippen LogP contribution in [0.2, 0.25) is 5.02 Å². The molecule has 0 aliphatic carbocycles. The normalized spacial score (nSPS) is 15.2. The fourth-order valence-electron chi connectivity index (χ4n) is 3.36. The van der Waals surface area contributed by atoms with E-state index in [4.69, 9.17) is 21.3 Å². The molecule has 1 aromatic heterocycles. The highest BCUT2D eigenvalue weighted by molar-refractivity contribution is 7.13. The second-order valence-electron chi connectivity index (χ2n) is 8.71. The minimum atomic E-state index is -0.482. The molecule has 6 nitrogen and oxygen atoms in total. The van der Waals surface area contributed by atoms with E-state index in [1.807, 2.05) is 26.8 Å². The number of benzene rings is 1. The van der Waals surface area contributed by atoms with Crippen molar-refractivity contribution in [3.63, 3.8) is 0 Å². The number of likely N-dealkylation sites (tertiary alicyclic amines) is 1. The quantitative estimate of drug-likeness (QED) is 0.639. The van der Waals surface area contributed by atoms with Gasteiger partial charge >= 0.3 is 6.09 Å². The highest BCUT2D eigenvalue weighted by Gasteiger charge is 2.28. The molecule has 1 aromatic carbocycles. The number of carbonyl (C=O) groups is 2. The molecule has 0 saturated carbocycles. The first-order valence-electron chi connectivity index (χ1n) is 10.00. The van der Waals surface area contributed by atoms with E-state index in [2.05, 4.69) is 5.38 Å². The summed E-state index contributed by atoms with van der Waals surface area (Å²) in [6, 6.07) is 5.33. The van der Waals surface area contributed by atoms with Gasteiger partial charge in [-0.2, -0.15) is 0 Å². The number of thiazole rings is 1. The summed E-state index contributed by atoms with van der Waals surface area (Å²) in [7, 11) is 3.43. The smallest absolute Gasteiger partial charge is 0.410 e. The molecule has 0 atom stereocenters. The van der Waals surface area contributed by atoms with Gasteiger partial charge < -0.3 is 14.5 Å². The van der Waals surface area contributed by atoms with E-state index in [1.54, 1.807) is 42.5 Å². The van der Waals surface area contributed by atoms with Gasteiger partial charge in [0, 0.05) is 49.6 Å². The van der Waals surface area contributed by atoms with Crippen molar-refractivity contribution < 1.29 is 14.3 Å². The maximum atomic E-state index is 12.2. The van der Waals surface area contributed by atoms with Crippen LogP contribution in [0.3, 0.4) is 0 Å². The van der Waals surface area contributed by atoms with Gasteiger partial charge in [0.25, 0.3) is 5.91 Å². The molecule has 1 aliphatic heterocycles. The van der Waals surface area contributed by atoms with Gasteiger partial charge in [-0.05, 0) is 51.8 Å². The summed E-state index contributed by atoms with van der Waals surface area (Å²) in [6.07, 6.45) is 1.46.